The van der Waals surface area contributed by atoms with E-state index >= 15 is 0 Å². The summed E-state index contributed by atoms with van der Waals surface area (Å²) in [5, 5.41) is 3.21. The average molecular weight is 489 g/mol. The van der Waals surface area contributed by atoms with Crippen molar-refractivity contribution in [2.75, 3.05) is 40.0 Å². The highest BCUT2D eigenvalue weighted by Crippen LogP contribution is 2.35. The molecular formula is C27H28N4O5. The number of H-pyrrole nitrogens is 1. The maximum Gasteiger partial charge on any atom is 0.280 e. The van der Waals surface area contributed by atoms with Gasteiger partial charge in [0.25, 0.3) is 17.4 Å². The first-order valence-electron chi connectivity index (χ1n) is 12.0. The summed E-state index contributed by atoms with van der Waals surface area (Å²) in [6, 6.07) is 16.4. The van der Waals surface area contributed by atoms with Gasteiger partial charge in [0, 0.05) is 25.2 Å². The molecule has 2 aliphatic rings. The van der Waals surface area contributed by atoms with Gasteiger partial charge in [0.15, 0.2) is 0 Å². The normalized spacial score (nSPS) is 16.3. The van der Waals surface area contributed by atoms with Crippen molar-refractivity contribution in [2.24, 2.45) is 0 Å². The lowest BCUT2D eigenvalue weighted by Gasteiger charge is -2.29. The molecule has 36 heavy (non-hydrogen) atoms. The predicted molar refractivity (Wildman–Crippen MR) is 135 cm³/mol. The lowest BCUT2D eigenvalue weighted by Crippen LogP contribution is -2.40. The van der Waals surface area contributed by atoms with Gasteiger partial charge in [-0.25, -0.2) is 4.68 Å². The van der Waals surface area contributed by atoms with E-state index in [1.54, 1.807) is 31.4 Å². The van der Waals surface area contributed by atoms with Crippen LogP contribution in [0.3, 0.4) is 0 Å². The van der Waals surface area contributed by atoms with E-state index in [0.717, 1.165) is 5.56 Å². The Hall–Kier alpha value is -4.11. The van der Waals surface area contributed by atoms with Gasteiger partial charge in [-0.05, 0) is 30.7 Å². The van der Waals surface area contributed by atoms with Gasteiger partial charge < -0.3 is 14.4 Å². The van der Waals surface area contributed by atoms with Crippen molar-refractivity contribution in [3.8, 4) is 22.7 Å². The number of methoxy groups -OCH3 is 1. The summed E-state index contributed by atoms with van der Waals surface area (Å²) in [6.07, 6.45) is 0.621. The number of nitrogens with one attached hydrogen (secondary N) is 1. The molecule has 1 fully saturated rings. The zero-order chi connectivity index (χ0) is 25.2. The average Bonchev–Trinajstić information content (AvgIpc) is 3.38. The zero-order valence-electron chi connectivity index (χ0n) is 20.3. The van der Waals surface area contributed by atoms with Crippen LogP contribution in [0.4, 0.5) is 0 Å². The van der Waals surface area contributed by atoms with Crippen LogP contribution < -0.4 is 10.3 Å². The Kier molecular flexibility index (Phi) is 6.47. The summed E-state index contributed by atoms with van der Waals surface area (Å²) in [4.78, 5) is 44.4. The second-order valence-corrected chi connectivity index (χ2v) is 8.65. The molecule has 3 heterocycles. The number of benzene rings is 2. The van der Waals surface area contributed by atoms with E-state index in [9.17, 15) is 14.4 Å². The number of morpholine rings is 1. The fraction of sp³-hybridized carbons (Fsp3) is 0.296. The summed E-state index contributed by atoms with van der Waals surface area (Å²) in [7, 11) is 1.58. The van der Waals surface area contributed by atoms with Crippen LogP contribution in [0.5, 0.6) is 5.75 Å². The van der Waals surface area contributed by atoms with Crippen LogP contribution in [0.15, 0.2) is 65.1 Å². The number of carbonyl (C=O) groups is 2. The molecule has 0 unspecified atom stereocenters. The van der Waals surface area contributed by atoms with Crippen molar-refractivity contribution in [3.05, 3.63) is 76.2 Å². The molecule has 0 saturated carbocycles. The Labute approximate surface area is 208 Å². The van der Waals surface area contributed by atoms with Crippen LogP contribution in [0.25, 0.3) is 22.5 Å². The van der Waals surface area contributed by atoms with E-state index < -0.39 is 11.5 Å². The molecule has 9 heteroatoms. The van der Waals surface area contributed by atoms with Crippen LogP contribution in [0.2, 0.25) is 0 Å². The molecule has 186 valence electrons. The fourth-order valence-corrected chi connectivity index (χ4v) is 4.69. The second kappa shape index (κ2) is 9.87. The van der Waals surface area contributed by atoms with Gasteiger partial charge >= 0.3 is 0 Å². The van der Waals surface area contributed by atoms with E-state index in [4.69, 9.17) is 9.47 Å². The molecule has 0 atom stereocenters. The molecule has 0 bridgehead atoms. The number of hydrogen-bond donors (Lipinski definition) is 1. The molecule has 2 aliphatic heterocycles. The number of aromatic amines is 1. The third kappa shape index (κ3) is 4.01. The number of hydrogen-bond acceptors (Lipinski definition) is 6. The van der Waals surface area contributed by atoms with E-state index in [1.807, 2.05) is 42.2 Å². The third-order valence-corrected chi connectivity index (χ3v) is 6.45. The highest BCUT2D eigenvalue weighted by Gasteiger charge is 2.44. The molecule has 1 saturated heterocycles. The van der Waals surface area contributed by atoms with Gasteiger partial charge in [0.05, 0.1) is 42.8 Å². The molecule has 3 aromatic rings. The van der Waals surface area contributed by atoms with Gasteiger partial charge in [0.2, 0.25) is 0 Å². The maximum atomic E-state index is 14.0. The summed E-state index contributed by atoms with van der Waals surface area (Å²) >= 11 is 0. The first-order valence-corrected chi connectivity index (χ1v) is 12.0. The number of rotatable bonds is 7. The minimum absolute atomic E-state index is 0.141. The van der Waals surface area contributed by atoms with Crippen LogP contribution >= 0.6 is 0 Å². The van der Waals surface area contributed by atoms with Gasteiger partial charge in [-0.15, -0.1) is 0 Å². The topological polar surface area (TPSA) is 96.9 Å². The third-order valence-electron chi connectivity index (χ3n) is 6.45. The van der Waals surface area contributed by atoms with Crippen molar-refractivity contribution in [2.45, 2.75) is 13.3 Å². The van der Waals surface area contributed by atoms with Gasteiger partial charge in [-0.2, -0.15) is 0 Å². The number of amides is 2. The molecule has 5 rings (SSSR count). The molecule has 1 aromatic heterocycles. The van der Waals surface area contributed by atoms with Gasteiger partial charge in [0.1, 0.15) is 11.4 Å². The van der Waals surface area contributed by atoms with Crippen LogP contribution in [0.1, 0.15) is 18.9 Å². The Morgan fingerprint density at radius 1 is 0.944 bits per heavy atom. The molecule has 2 aromatic carbocycles. The fourth-order valence-electron chi connectivity index (χ4n) is 4.69. The first kappa shape index (κ1) is 23.6. The van der Waals surface area contributed by atoms with E-state index in [1.165, 1.54) is 9.58 Å². The van der Waals surface area contributed by atoms with E-state index in [0.29, 0.717) is 49.9 Å². The van der Waals surface area contributed by atoms with Gasteiger partial charge in [-0.1, -0.05) is 37.3 Å². The number of ether oxygens (including phenoxy) is 2. The van der Waals surface area contributed by atoms with E-state index in [-0.39, 0.29) is 29.3 Å². The molecule has 0 aliphatic carbocycles. The van der Waals surface area contributed by atoms with Crippen LogP contribution in [0, 0.1) is 0 Å². The quantitative estimate of drug-likeness (QED) is 0.514. The largest absolute Gasteiger partial charge is 0.497 e. The monoisotopic (exact) mass is 488 g/mol. The van der Waals surface area contributed by atoms with Crippen LogP contribution in [-0.4, -0.2) is 71.4 Å². The van der Waals surface area contributed by atoms with Gasteiger partial charge in [-0.3, -0.25) is 24.4 Å². The minimum atomic E-state index is -0.446. The van der Waals surface area contributed by atoms with Crippen molar-refractivity contribution in [1.29, 1.82) is 0 Å². The number of nitrogens with zero attached hydrogens (tertiary/aromatic N) is 3. The molecule has 0 spiro atoms. The molecule has 0 radical (unpaired) electrons. The SMILES string of the molecule is CCCN1C(=O)C(c2c(-c3ccccc3)[nH]n(-c3ccc(OC)cc3)c2=O)=C(N2CCOCC2)C1=O. The highest BCUT2D eigenvalue weighted by atomic mass is 16.5. The Bertz CT molecular complexity index is 1370. The maximum absolute atomic E-state index is 14.0. The zero-order valence-corrected chi connectivity index (χ0v) is 20.3. The number of carbonyl (C=O) groups excluding carboxylic acids is 2. The van der Waals surface area contributed by atoms with Crippen molar-refractivity contribution in [3.63, 3.8) is 0 Å². The van der Waals surface area contributed by atoms with Crippen molar-refractivity contribution in [1.82, 2.24) is 19.6 Å². The Morgan fingerprint density at radius 3 is 2.28 bits per heavy atom. The summed E-state index contributed by atoms with van der Waals surface area (Å²) in [5.74, 6) is -0.154. The smallest absolute Gasteiger partial charge is 0.280 e. The van der Waals surface area contributed by atoms with E-state index in [2.05, 4.69) is 5.10 Å². The first-order chi connectivity index (χ1) is 17.5. The summed E-state index contributed by atoms with van der Waals surface area (Å²) < 4.78 is 12.1. The summed E-state index contributed by atoms with van der Waals surface area (Å²) in [6.45, 7) is 4.02. The second-order valence-electron chi connectivity index (χ2n) is 8.65. The van der Waals surface area contributed by atoms with Crippen molar-refractivity contribution < 1.29 is 19.1 Å². The number of aromatic nitrogens is 2. The lowest BCUT2D eigenvalue weighted by atomic mass is 10.00. The van der Waals surface area contributed by atoms with Crippen LogP contribution in [-0.2, 0) is 14.3 Å². The molecular weight excluding hydrogens is 460 g/mol. The molecule has 2 amide bonds. The lowest BCUT2D eigenvalue weighted by molar-refractivity contribution is -0.137. The predicted octanol–water partition coefficient (Wildman–Crippen LogP) is 2.66. The number of imide groups is 1. The highest BCUT2D eigenvalue weighted by molar-refractivity contribution is 6.36. The Morgan fingerprint density at radius 2 is 1.64 bits per heavy atom. The molecule has 1 N–H and O–H groups in total. The standard InChI is InChI=1S/C27H28N4O5/c1-3-13-30-25(32)22(24(27(30)34)29-14-16-36-17-15-29)21-23(18-7-5-4-6-8-18)28-31(26(21)33)19-9-11-20(35-2)12-10-19/h4-12,28H,3,13-17H2,1-2H3. The molecule has 9 nitrogen and oxygen atoms in total. The summed E-state index contributed by atoms with van der Waals surface area (Å²) in [5.41, 5.74) is 2.00. The minimum Gasteiger partial charge on any atom is -0.497 e. The Balaban J connectivity index is 1.76. The van der Waals surface area contributed by atoms with Crippen molar-refractivity contribution >= 4 is 17.4 Å².